The number of nitrogens with one attached hydrogen (secondary N) is 1. The highest BCUT2D eigenvalue weighted by molar-refractivity contribution is 5.97. The fourth-order valence-electron chi connectivity index (χ4n) is 1.58. The molecule has 1 aromatic rings. The molecular formula is C10H16N4O. The average molecular weight is 208 g/mol. The number of aromatic nitrogens is 2. The SMILES string of the molecule is CCn1cc(N)c(C(=O)NC2CCC2)n1. The highest BCUT2D eigenvalue weighted by atomic mass is 16.2. The number of anilines is 1. The van der Waals surface area contributed by atoms with Crippen LogP contribution in [0.1, 0.15) is 36.7 Å². The maximum absolute atomic E-state index is 11.7. The molecule has 1 fully saturated rings. The van der Waals surface area contributed by atoms with E-state index in [9.17, 15) is 4.79 Å². The predicted octanol–water partition coefficient (Wildman–Crippen LogP) is 0.767. The smallest absolute Gasteiger partial charge is 0.274 e. The molecule has 5 nitrogen and oxygen atoms in total. The largest absolute Gasteiger partial charge is 0.396 e. The second-order valence-electron chi connectivity index (χ2n) is 3.89. The molecule has 3 N–H and O–H groups in total. The van der Waals surface area contributed by atoms with Crippen molar-refractivity contribution in [3.8, 4) is 0 Å². The molecule has 1 amide bonds. The quantitative estimate of drug-likeness (QED) is 0.770. The number of carbonyl (C=O) groups excluding carboxylic acids is 1. The molecule has 1 aromatic heterocycles. The molecule has 0 radical (unpaired) electrons. The van der Waals surface area contributed by atoms with E-state index < -0.39 is 0 Å². The maximum atomic E-state index is 11.7. The first kappa shape index (κ1) is 10.0. The molecule has 1 aliphatic rings. The van der Waals surface area contributed by atoms with E-state index in [2.05, 4.69) is 10.4 Å². The Morgan fingerprint density at radius 1 is 1.73 bits per heavy atom. The van der Waals surface area contributed by atoms with Crippen molar-refractivity contribution in [2.45, 2.75) is 38.8 Å². The normalized spacial score (nSPS) is 16.1. The first-order chi connectivity index (χ1) is 7.20. The van der Waals surface area contributed by atoms with Crippen LogP contribution in [-0.2, 0) is 6.54 Å². The molecule has 0 bridgehead atoms. The number of hydrogen-bond donors (Lipinski definition) is 2. The van der Waals surface area contributed by atoms with Gasteiger partial charge in [0.1, 0.15) is 0 Å². The van der Waals surface area contributed by atoms with Crippen molar-refractivity contribution >= 4 is 11.6 Å². The van der Waals surface area contributed by atoms with Crippen LogP contribution in [0.2, 0.25) is 0 Å². The Morgan fingerprint density at radius 3 is 2.93 bits per heavy atom. The molecule has 5 heteroatoms. The van der Waals surface area contributed by atoms with Gasteiger partial charge in [-0.3, -0.25) is 9.48 Å². The second-order valence-corrected chi connectivity index (χ2v) is 3.89. The van der Waals surface area contributed by atoms with Gasteiger partial charge in [-0.1, -0.05) is 0 Å². The van der Waals surface area contributed by atoms with Gasteiger partial charge in [-0.05, 0) is 26.2 Å². The van der Waals surface area contributed by atoms with Crippen LogP contribution >= 0.6 is 0 Å². The molecule has 0 aromatic carbocycles. The Kier molecular flexibility index (Phi) is 2.62. The summed E-state index contributed by atoms with van der Waals surface area (Å²) in [6.07, 6.45) is 5.03. The molecule has 1 aliphatic carbocycles. The number of amides is 1. The Balaban J connectivity index is 2.06. The van der Waals surface area contributed by atoms with Crippen molar-refractivity contribution in [3.05, 3.63) is 11.9 Å². The van der Waals surface area contributed by atoms with E-state index in [0.29, 0.717) is 17.4 Å². The Labute approximate surface area is 88.6 Å². The zero-order valence-electron chi connectivity index (χ0n) is 8.86. The highest BCUT2D eigenvalue weighted by Crippen LogP contribution is 2.19. The lowest BCUT2D eigenvalue weighted by Gasteiger charge is -2.25. The summed E-state index contributed by atoms with van der Waals surface area (Å²) in [6, 6.07) is 0.323. The molecule has 0 saturated heterocycles. The van der Waals surface area contributed by atoms with E-state index in [1.807, 2.05) is 6.92 Å². The number of nitrogen functional groups attached to an aromatic ring is 1. The van der Waals surface area contributed by atoms with Gasteiger partial charge in [0.05, 0.1) is 5.69 Å². The van der Waals surface area contributed by atoms with E-state index >= 15 is 0 Å². The number of nitrogens with two attached hydrogens (primary N) is 1. The van der Waals surface area contributed by atoms with Crippen LogP contribution in [0.4, 0.5) is 5.69 Å². The van der Waals surface area contributed by atoms with Crippen molar-refractivity contribution in [1.82, 2.24) is 15.1 Å². The van der Waals surface area contributed by atoms with Crippen LogP contribution in [0.15, 0.2) is 6.20 Å². The number of aryl methyl sites for hydroxylation is 1. The minimum atomic E-state index is -0.149. The Morgan fingerprint density at radius 2 is 2.47 bits per heavy atom. The summed E-state index contributed by atoms with van der Waals surface area (Å²) in [5.74, 6) is -0.149. The molecule has 82 valence electrons. The van der Waals surface area contributed by atoms with Gasteiger partial charge in [0.15, 0.2) is 5.69 Å². The third kappa shape index (κ3) is 1.95. The van der Waals surface area contributed by atoms with Gasteiger partial charge in [0, 0.05) is 18.8 Å². The van der Waals surface area contributed by atoms with Crippen LogP contribution < -0.4 is 11.1 Å². The first-order valence-electron chi connectivity index (χ1n) is 5.34. The van der Waals surface area contributed by atoms with Crippen LogP contribution in [0.3, 0.4) is 0 Å². The van der Waals surface area contributed by atoms with E-state index in [4.69, 9.17) is 5.73 Å². The minimum absolute atomic E-state index is 0.149. The number of rotatable bonds is 3. The Bertz CT molecular complexity index is 367. The third-order valence-electron chi connectivity index (χ3n) is 2.77. The molecule has 0 aliphatic heterocycles. The monoisotopic (exact) mass is 208 g/mol. The van der Waals surface area contributed by atoms with Crippen LogP contribution in [0, 0.1) is 0 Å². The van der Waals surface area contributed by atoms with Gasteiger partial charge >= 0.3 is 0 Å². The zero-order chi connectivity index (χ0) is 10.8. The lowest BCUT2D eigenvalue weighted by molar-refractivity contribution is 0.0912. The summed E-state index contributed by atoms with van der Waals surface area (Å²) >= 11 is 0. The zero-order valence-corrected chi connectivity index (χ0v) is 8.86. The third-order valence-corrected chi connectivity index (χ3v) is 2.77. The molecule has 1 heterocycles. The minimum Gasteiger partial charge on any atom is -0.396 e. The first-order valence-corrected chi connectivity index (χ1v) is 5.34. The molecule has 0 spiro atoms. The molecule has 0 atom stereocenters. The van der Waals surface area contributed by atoms with E-state index in [1.54, 1.807) is 10.9 Å². The van der Waals surface area contributed by atoms with Gasteiger partial charge < -0.3 is 11.1 Å². The van der Waals surface area contributed by atoms with Crippen LogP contribution in [-0.4, -0.2) is 21.7 Å². The standard InChI is InChI=1S/C10H16N4O/c1-2-14-6-8(11)9(13-14)10(15)12-7-4-3-5-7/h6-7H,2-5,11H2,1H3,(H,12,15). The van der Waals surface area contributed by atoms with Crippen LogP contribution in [0.5, 0.6) is 0 Å². The summed E-state index contributed by atoms with van der Waals surface area (Å²) < 4.78 is 1.67. The summed E-state index contributed by atoms with van der Waals surface area (Å²) in [4.78, 5) is 11.7. The van der Waals surface area contributed by atoms with E-state index in [-0.39, 0.29) is 5.91 Å². The summed E-state index contributed by atoms with van der Waals surface area (Å²) in [7, 11) is 0. The lowest BCUT2D eigenvalue weighted by Crippen LogP contribution is -2.39. The predicted molar refractivity (Wildman–Crippen MR) is 57.4 cm³/mol. The van der Waals surface area contributed by atoms with Gasteiger partial charge in [0.25, 0.3) is 5.91 Å². The fourth-order valence-corrected chi connectivity index (χ4v) is 1.58. The maximum Gasteiger partial charge on any atom is 0.274 e. The number of nitrogens with zero attached hydrogens (tertiary/aromatic N) is 2. The van der Waals surface area contributed by atoms with E-state index in [0.717, 1.165) is 19.4 Å². The van der Waals surface area contributed by atoms with Crippen molar-refractivity contribution < 1.29 is 4.79 Å². The number of hydrogen-bond acceptors (Lipinski definition) is 3. The number of carbonyl (C=O) groups is 1. The second kappa shape index (κ2) is 3.92. The molecular weight excluding hydrogens is 192 g/mol. The topological polar surface area (TPSA) is 72.9 Å². The summed E-state index contributed by atoms with van der Waals surface area (Å²) in [5.41, 5.74) is 6.51. The fraction of sp³-hybridized carbons (Fsp3) is 0.600. The van der Waals surface area contributed by atoms with Crippen molar-refractivity contribution in [2.75, 3.05) is 5.73 Å². The summed E-state index contributed by atoms with van der Waals surface area (Å²) in [5, 5.41) is 7.04. The molecule has 15 heavy (non-hydrogen) atoms. The Hall–Kier alpha value is -1.52. The van der Waals surface area contributed by atoms with Gasteiger partial charge in [-0.15, -0.1) is 0 Å². The van der Waals surface area contributed by atoms with Gasteiger partial charge in [0.2, 0.25) is 0 Å². The summed E-state index contributed by atoms with van der Waals surface area (Å²) in [6.45, 7) is 2.68. The van der Waals surface area contributed by atoms with Gasteiger partial charge in [-0.2, -0.15) is 5.10 Å². The lowest BCUT2D eigenvalue weighted by atomic mass is 9.93. The van der Waals surface area contributed by atoms with Crippen molar-refractivity contribution in [1.29, 1.82) is 0 Å². The highest BCUT2D eigenvalue weighted by Gasteiger charge is 2.22. The molecule has 0 unspecified atom stereocenters. The van der Waals surface area contributed by atoms with Crippen LogP contribution in [0.25, 0.3) is 0 Å². The molecule has 1 saturated carbocycles. The average Bonchev–Trinajstić information content (AvgIpc) is 2.53. The van der Waals surface area contributed by atoms with Gasteiger partial charge in [-0.25, -0.2) is 0 Å². The molecule has 2 rings (SSSR count). The van der Waals surface area contributed by atoms with Crippen molar-refractivity contribution in [3.63, 3.8) is 0 Å². The van der Waals surface area contributed by atoms with E-state index in [1.165, 1.54) is 6.42 Å². The van der Waals surface area contributed by atoms with Crippen molar-refractivity contribution in [2.24, 2.45) is 0 Å².